The Labute approximate surface area is 103 Å². The lowest BCUT2D eigenvalue weighted by Gasteiger charge is -2.19. The van der Waals surface area contributed by atoms with Gasteiger partial charge in [0.05, 0.1) is 0 Å². The van der Waals surface area contributed by atoms with Gasteiger partial charge in [-0.15, -0.1) is 11.8 Å². The van der Waals surface area contributed by atoms with Gasteiger partial charge in [0.1, 0.15) is 5.82 Å². The lowest BCUT2D eigenvalue weighted by molar-refractivity contribution is 0.801. The molecular formula is C13H22N2S. The van der Waals surface area contributed by atoms with Gasteiger partial charge in [0.2, 0.25) is 0 Å². The van der Waals surface area contributed by atoms with Gasteiger partial charge >= 0.3 is 0 Å². The van der Waals surface area contributed by atoms with E-state index in [0.29, 0.717) is 6.04 Å². The van der Waals surface area contributed by atoms with E-state index in [0.717, 1.165) is 5.82 Å². The fourth-order valence-corrected chi connectivity index (χ4v) is 2.34. The molecule has 3 heteroatoms. The van der Waals surface area contributed by atoms with Crippen LogP contribution in [0.25, 0.3) is 0 Å². The number of thioether (sulfide) groups is 1. The molecule has 0 aliphatic rings. The summed E-state index contributed by atoms with van der Waals surface area (Å²) in [4.78, 5) is 5.70. The summed E-state index contributed by atoms with van der Waals surface area (Å²) < 4.78 is 0.236. The van der Waals surface area contributed by atoms with E-state index >= 15 is 0 Å². The van der Waals surface area contributed by atoms with Crippen molar-refractivity contribution in [2.45, 2.75) is 57.2 Å². The first-order valence-electron chi connectivity index (χ1n) is 5.70. The average molecular weight is 238 g/mol. The van der Waals surface area contributed by atoms with Crippen LogP contribution in [0.15, 0.2) is 17.2 Å². The fourth-order valence-electron chi connectivity index (χ4n) is 1.35. The van der Waals surface area contributed by atoms with Crippen LogP contribution in [0.4, 0.5) is 5.82 Å². The van der Waals surface area contributed by atoms with Gasteiger partial charge in [-0.3, -0.25) is 0 Å². The van der Waals surface area contributed by atoms with Gasteiger partial charge in [0.15, 0.2) is 0 Å². The number of pyridine rings is 1. The molecule has 0 atom stereocenters. The molecule has 0 fully saturated rings. The average Bonchev–Trinajstić information content (AvgIpc) is 2.06. The van der Waals surface area contributed by atoms with Gasteiger partial charge in [-0.05, 0) is 32.4 Å². The Morgan fingerprint density at radius 1 is 1.31 bits per heavy atom. The molecular weight excluding hydrogens is 216 g/mol. The van der Waals surface area contributed by atoms with Crippen LogP contribution in [0.5, 0.6) is 0 Å². The Bertz CT molecular complexity index is 353. The second kappa shape index (κ2) is 5.09. The van der Waals surface area contributed by atoms with Gasteiger partial charge < -0.3 is 5.32 Å². The summed E-state index contributed by atoms with van der Waals surface area (Å²) in [7, 11) is 0. The van der Waals surface area contributed by atoms with Gasteiger partial charge in [-0.1, -0.05) is 20.8 Å². The molecule has 0 aliphatic heterocycles. The van der Waals surface area contributed by atoms with Crippen LogP contribution < -0.4 is 5.32 Å². The number of nitrogens with zero attached hydrogens (tertiary/aromatic N) is 1. The Hall–Kier alpha value is -0.700. The SMILES string of the molecule is Cc1cc(NC(C)C)ncc1SC(C)(C)C. The molecule has 1 N–H and O–H groups in total. The van der Waals surface area contributed by atoms with Crippen molar-refractivity contribution in [3.8, 4) is 0 Å². The number of rotatable bonds is 3. The highest BCUT2D eigenvalue weighted by molar-refractivity contribution is 8.00. The van der Waals surface area contributed by atoms with Crippen molar-refractivity contribution in [3.05, 3.63) is 17.8 Å². The van der Waals surface area contributed by atoms with Crippen LogP contribution in [-0.2, 0) is 0 Å². The highest BCUT2D eigenvalue weighted by Gasteiger charge is 2.14. The highest BCUT2D eigenvalue weighted by Crippen LogP contribution is 2.34. The Morgan fingerprint density at radius 2 is 1.94 bits per heavy atom. The molecule has 1 rings (SSSR count). The van der Waals surface area contributed by atoms with Crippen molar-refractivity contribution in [1.29, 1.82) is 0 Å². The molecule has 0 spiro atoms. The molecule has 1 aromatic rings. The molecule has 0 aromatic carbocycles. The quantitative estimate of drug-likeness (QED) is 0.802. The molecule has 0 saturated carbocycles. The molecule has 0 aliphatic carbocycles. The molecule has 2 nitrogen and oxygen atoms in total. The molecule has 0 radical (unpaired) electrons. The van der Waals surface area contributed by atoms with E-state index in [1.54, 1.807) is 0 Å². The molecule has 1 heterocycles. The molecule has 0 bridgehead atoms. The zero-order valence-electron chi connectivity index (χ0n) is 11.1. The minimum atomic E-state index is 0.236. The molecule has 0 amide bonds. The Morgan fingerprint density at radius 3 is 2.38 bits per heavy atom. The minimum absolute atomic E-state index is 0.236. The summed E-state index contributed by atoms with van der Waals surface area (Å²) in [5.74, 6) is 0.964. The molecule has 16 heavy (non-hydrogen) atoms. The van der Waals surface area contributed by atoms with Crippen LogP contribution in [0.3, 0.4) is 0 Å². The van der Waals surface area contributed by atoms with E-state index in [-0.39, 0.29) is 4.75 Å². The van der Waals surface area contributed by atoms with Crippen LogP contribution in [-0.4, -0.2) is 15.8 Å². The number of hydrogen-bond donors (Lipinski definition) is 1. The second-order valence-electron chi connectivity index (χ2n) is 5.35. The molecule has 0 unspecified atom stereocenters. The van der Waals surface area contributed by atoms with E-state index in [9.17, 15) is 0 Å². The van der Waals surface area contributed by atoms with Crippen LogP contribution in [0, 0.1) is 6.92 Å². The summed E-state index contributed by atoms with van der Waals surface area (Å²) in [6.45, 7) is 13.0. The van der Waals surface area contributed by atoms with Crippen LogP contribution >= 0.6 is 11.8 Å². The molecule has 1 aromatic heterocycles. The highest BCUT2D eigenvalue weighted by atomic mass is 32.2. The smallest absolute Gasteiger partial charge is 0.126 e. The van der Waals surface area contributed by atoms with Crippen molar-refractivity contribution in [2.24, 2.45) is 0 Å². The third-order valence-corrected chi connectivity index (χ3v) is 3.18. The summed E-state index contributed by atoms with van der Waals surface area (Å²) >= 11 is 1.86. The molecule has 0 saturated heterocycles. The van der Waals surface area contributed by atoms with Gasteiger partial charge in [0, 0.05) is 21.9 Å². The van der Waals surface area contributed by atoms with Crippen LogP contribution in [0.2, 0.25) is 0 Å². The summed E-state index contributed by atoms with van der Waals surface area (Å²) in [6.07, 6.45) is 1.97. The standard InChI is InChI=1S/C13H22N2S/c1-9(2)15-12-7-10(3)11(8-14-12)16-13(4,5)6/h7-9H,1-6H3,(H,14,15). The predicted molar refractivity (Wildman–Crippen MR) is 73.3 cm³/mol. The lowest BCUT2D eigenvalue weighted by Crippen LogP contribution is -2.12. The summed E-state index contributed by atoms with van der Waals surface area (Å²) in [6, 6.07) is 2.54. The van der Waals surface area contributed by atoms with E-state index in [4.69, 9.17) is 0 Å². The number of hydrogen-bond acceptors (Lipinski definition) is 3. The Balaban J connectivity index is 2.83. The first-order valence-corrected chi connectivity index (χ1v) is 6.52. The van der Waals surface area contributed by atoms with E-state index in [1.165, 1.54) is 10.5 Å². The first kappa shape index (κ1) is 13.4. The van der Waals surface area contributed by atoms with Crippen molar-refractivity contribution >= 4 is 17.6 Å². The van der Waals surface area contributed by atoms with Crippen molar-refractivity contribution in [2.75, 3.05) is 5.32 Å². The zero-order chi connectivity index (χ0) is 12.3. The Kier molecular flexibility index (Phi) is 4.25. The predicted octanol–water partition coefficient (Wildman–Crippen LogP) is 4.10. The van der Waals surface area contributed by atoms with Gasteiger partial charge in [-0.25, -0.2) is 4.98 Å². The fraction of sp³-hybridized carbons (Fsp3) is 0.615. The zero-order valence-corrected chi connectivity index (χ0v) is 11.9. The van der Waals surface area contributed by atoms with E-state index in [2.05, 4.69) is 57.9 Å². The maximum absolute atomic E-state index is 4.43. The monoisotopic (exact) mass is 238 g/mol. The number of aryl methyl sites for hydroxylation is 1. The maximum atomic E-state index is 4.43. The van der Waals surface area contributed by atoms with Crippen molar-refractivity contribution < 1.29 is 0 Å². The molecule has 90 valence electrons. The normalized spacial score (nSPS) is 11.9. The lowest BCUT2D eigenvalue weighted by atomic mass is 10.2. The topological polar surface area (TPSA) is 24.9 Å². The van der Waals surface area contributed by atoms with E-state index in [1.807, 2.05) is 18.0 Å². The summed E-state index contributed by atoms with van der Waals surface area (Å²) in [5, 5.41) is 3.32. The summed E-state index contributed by atoms with van der Waals surface area (Å²) in [5.41, 5.74) is 1.29. The maximum Gasteiger partial charge on any atom is 0.126 e. The van der Waals surface area contributed by atoms with Gasteiger partial charge in [-0.2, -0.15) is 0 Å². The van der Waals surface area contributed by atoms with Gasteiger partial charge in [0.25, 0.3) is 0 Å². The number of anilines is 1. The van der Waals surface area contributed by atoms with Crippen molar-refractivity contribution in [1.82, 2.24) is 4.98 Å². The van der Waals surface area contributed by atoms with E-state index < -0.39 is 0 Å². The third kappa shape index (κ3) is 4.44. The first-order chi connectivity index (χ1) is 7.28. The second-order valence-corrected chi connectivity index (χ2v) is 7.22. The largest absolute Gasteiger partial charge is 0.368 e. The number of aromatic nitrogens is 1. The van der Waals surface area contributed by atoms with Crippen molar-refractivity contribution in [3.63, 3.8) is 0 Å². The third-order valence-electron chi connectivity index (χ3n) is 1.92. The van der Waals surface area contributed by atoms with Crippen LogP contribution in [0.1, 0.15) is 40.2 Å². The minimum Gasteiger partial charge on any atom is -0.368 e. The number of nitrogens with one attached hydrogen (secondary N) is 1.